The molecule has 0 spiro atoms. The Bertz CT molecular complexity index is 544. The molecule has 0 atom stereocenters. The maximum atomic E-state index is 12.5. The lowest BCUT2D eigenvalue weighted by molar-refractivity contribution is 0.0528. The van der Waals surface area contributed by atoms with E-state index in [1.165, 1.54) is 19.1 Å². The van der Waals surface area contributed by atoms with Gasteiger partial charge in [-0.05, 0) is 31.9 Å². The van der Waals surface area contributed by atoms with Crippen LogP contribution in [0.25, 0.3) is 0 Å². The van der Waals surface area contributed by atoms with Crippen LogP contribution in [-0.4, -0.2) is 45.9 Å². The lowest BCUT2D eigenvalue weighted by Gasteiger charge is -2.21. The summed E-state index contributed by atoms with van der Waals surface area (Å²) in [6.07, 6.45) is -1.17. The van der Waals surface area contributed by atoms with Gasteiger partial charge in [-0.2, -0.15) is 0 Å². The molecule has 20 heavy (non-hydrogen) atoms. The number of amides is 1. The smallest absolute Gasteiger partial charge is 0.337 e. The topological polar surface area (TPSA) is 70.5 Å². The van der Waals surface area contributed by atoms with E-state index in [9.17, 15) is 18.4 Å². The SMILES string of the molecule is Cc1nc(C(=O)N(CC(F)F)C2CC2)ccc1C(=O)O. The van der Waals surface area contributed by atoms with Crippen LogP contribution in [0.3, 0.4) is 0 Å². The molecule has 1 aromatic heterocycles. The second kappa shape index (κ2) is 5.52. The first-order valence-corrected chi connectivity index (χ1v) is 6.20. The largest absolute Gasteiger partial charge is 0.478 e. The number of hydrogen-bond donors (Lipinski definition) is 1. The average Bonchev–Trinajstić information content (AvgIpc) is 3.18. The van der Waals surface area contributed by atoms with Gasteiger partial charge in [0.2, 0.25) is 0 Å². The zero-order valence-electron chi connectivity index (χ0n) is 10.8. The average molecular weight is 284 g/mol. The molecule has 7 heteroatoms. The first-order valence-electron chi connectivity index (χ1n) is 6.20. The Morgan fingerprint density at radius 3 is 2.55 bits per heavy atom. The molecule has 0 radical (unpaired) electrons. The molecule has 0 aliphatic heterocycles. The molecule has 1 aromatic rings. The summed E-state index contributed by atoms with van der Waals surface area (Å²) in [5, 5.41) is 8.89. The van der Waals surface area contributed by atoms with E-state index in [1.54, 1.807) is 0 Å². The predicted octanol–water partition coefficient (Wildman–Crippen LogP) is 1.96. The number of aryl methyl sites for hydroxylation is 1. The number of aromatic nitrogens is 1. The van der Waals surface area contributed by atoms with E-state index >= 15 is 0 Å². The molecule has 0 unspecified atom stereocenters. The number of alkyl halides is 2. The number of carboxylic acid groups (broad SMARTS) is 1. The fraction of sp³-hybridized carbons (Fsp3) is 0.462. The van der Waals surface area contributed by atoms with Crippen molar-refractivity contribution in [3.05, 3.63) is 29.1 Å². The molecular weight excluding hydrogens is 270 g/mol. The van der Waals surface area contributed by atoms with Crippen molar-refractivity contribution in [3.8, 4) is 0 Å². The Balaban J connectivity index is 2.23. The normalized spacial score (nSPS) is 14.4. The van der Waals surface area contributed by atoms with Gasteiger partial charge in [-0.3, -0.25) is 4.79 Å². The molecule has 5 nitrogen and oxygen atoms in total. The van der Waals surface area contributed by atoms with Crippen LogP contribution in [0.15, 0.2) is 12.1 Å². The predicted molar refractivity (Wildman–Crippen MR) is 66.0 cm³/mol. The van der Waals surface area contributed by atoms with Crippen LogP contribution in [0.1, 0.15) is 39.4 Å². The summed E-state index contributed by atoms with van der Waals surface area (Å²) < 4.78 is 25.0. The molecule has 1 saturated carbocycles. The van der Waals surface area contributed by atoms with Gasteiger partial charge in [-0.1, -0.05) is 0 Å². The van der Waals surface area contributed by atoms with E-state index in [0.717, 1.165) is 4.90 Å². The first kappa shape index (κ1) is 14.4. The number of nitrogens with zero attached hydrogens (tertiary/aromatic N) is 2. The van der Waals surface area contributed by atoms with Crippen LogP contribution in [0.5, 0.6) is 0 Å². The van der Waals surface area contributed by atoms with Crippen molar-refractivity contribution < 1.29 is 23.5 Å². The number of pyridine rings is 1. The summed E-state index contributed by atoms with van der Waals surface area (Å²) in [5.41, 5.74) is 0.185. The molecular formula is C13H14F2N2O3. The Hall–Kier alpha value is -2.05. The molecule has 1 N–H and O–H groups in total. The third-order valence-corrected chi connectivity index (χ3v) is 3.12. The minimum atomic E-state index is -2.60. The maximum absolute atomic E-state index is 12.5. The van der Waals surface area contributed by atoms with Gasteiger partial charge in [0.1, 0.15) is 5.69 Å². The lowest BCUT2D eigenvalue weighted by Crippen LogP contribution is -2.37. The van der Waals surface area contributed by atoms with Crippen molar-refractivity contribution in [2.24, 2.45) is 0 Å². The van der Waals surface area contributed by atoms with E-state index in [2.05, 4.69) is 4.98 Å². The van der Waals surface area contributed by atoms with Gasteiger partial charge < -0.3 is 10.0 Å². The highest BCUT2D eigenvalue weighted by Gasteiger charge is 2.35. The van der Waals surface area contributed by atoms with E-state index in [-0.39, 0.29) is 23.0 Å². The molecule has 1 amide bonds. The highest BCUT2D eigenvalue weighted by Crippen LogP contribution is 2.28. The van der Waals surface area contributed by atoms with Gasteiger partial charge in [0.15, 0.2) is 0 Å². The van der Waals surface area contributed by atoms with Crippen LogP contribution >= 0.6 is 0 Å². The van der Waals surface area contributed by atoms with Gasteiger partial charge in [0.25, 0.3) is 12.3 Å². The molecule has 0 bridgehead atoms. The third-order valence-electron chi connectivity index (χ3n) is 3.12. The van der Waals surface area contributed by atoms with E-state index in [1.807, 2.05) is 0 Å². The summed E-state index contributed by atoms with van der Waals surface area (Å²) in [7, 11) is 0. The molecule has 0 saturated heterocycles. The minimum Gasteiger partial charge on any atom is -0.478 e. The van der Waals surface area contributed by atoms with Crippen LogP contribution in [0, 0.1) is 6.92 Å². The van der Waals surface area contributed by atoms with E-state index < -0.39 is 24.8 Å². The van der Waals surface area contributed by atoms with E-state index in [4.69, 9.17) is 5.11 Å². The van der Waals surface area contributed by atoms with Gasteiger partial charge in [-0.25, -0.2) is 18.6 Å². The Morgan fingerprint density at radius 2 is 2.10 bits per heavy atom. The number of carbonyl (C=O) groups excluding carboxylic acids is 1. The highest BCUT2D eigenvalue weighted by atomic mass is 19.3. The van der Waals surface area contributed by atoms with Gasteiger partial charge in [-0.15, -0.1) is 0 Å². The molecule has 0 aromatic carbocycles. The van der Waals surface area contributed by atoms with Crippen molar-refractivity contribution in [2.75, 3.05) is 6.54 Å². The van der Waals surface area contributed by atoms with Gasteiger partial charge in [0.05, 0.1) is 17.8 Å². The monoisotopic (exact) mass is 284 g/mol. The maximum Gasteiger partial charge on any atom is 0.337 e. The Labute approximate surface area is 114 Å². The zero-order chi connectivity index (χ0) is 14.9. The molecule has 1 aliphatic carbocycles. The second-order valence-corrected chi connectivity index (χ2v) is 4.71. The highest BCUT2D eigenvalue weighted by molar-refractivity contribution is 5.94. The summed E-state index contributed by atoms with van der Waals surface area (Å²) in [6, 6.07) is 2.38. The number of rotatable bonds is 5. The molecule has 1 heterocycles. The molecule has 108 valence electrons. The summed E-state index contributed by atoms with van der Waals surface area (Å²) >= 11 is 0. The van der Waals surface area contributed by atoms with Crippen molar-refractivity contribution in [2.45, 2.75) is 32.2 Å². The molecule has 1 fully saturated rings. The fourth-order valence-electron chi connectivity index (χ4n) is 1.99. The van der Waals surface area contributed by atoms with Crippen molar-refractivity contribution in [1.82, 2.24) is 9.88 Å². The number of halogens is 2. The van der Waals surface area contributed by atoms with Crippen LogP contribution in [0.2, 0.25) is 0 Å². The van der Waals surface area contributed by atoms with Crippen LogP contribution < -0.4 is 0 Å². The van der Waals surface area contributed by atoms with Crippen molar-refractivity contribution in [3.63, 3.8) is 0 Å². The lowest BCUT2D eigenvalue weighted by atomic mass is 10.2. The number of carbonyl (C=O) groups is 2. The van der Waals surface area contributed by atoms with Crippen LogP contribution in [0.4, 0.5) is 8.78 Å². The number of aromatic carboxylic acids is 1. The Morgan fingerprint density at radius 1 is 1.45 bits per heavy atom. The quantitative estimate of drug-likeness (QED) is 0.897. The standard InChI is InChI=1S/C13H14F2N2O3/c1-7-9(13(19)20)4-5-10(16-7)12(18)17(6-11(14)15)8-2-3-8/h4-5,8,11H,2-3,6H2,1H3,(H,19,20). The number of carboxylic acids is 1. The molecule has 2 rings (SSSR count). The zero-order valence-corrected chi connectivity index (χ0v) is 10.8. The summed E-state index contributed by atoms with van der Waals surface area (Å²) in [4.78, 5) is 28.1. The van der Waals surface area contributed by atoms with Gasteiger partial charge in [0, 0.05) is 6.04 Å². The molecule has 1 aliphatic rings. The van der Waals surface area contributed by atoms with Crippen molar-refractivity contribution in [1.29, 1.82) is 0 Å². The second-order valence-electron chi connectivity index (χ2n) is 4.71. The Kier molecular flexibility index (Phi) is 3.96. The third kappa shape index (κ3) is 3.09. The summed E-state index contributed by atoms with van der Waals surface area (Å²) in [6.45, 7) is 0.847. The van der Waals surface area contributed by atoms with Gasteiger partial charge >= 0.3 is 5.97 Å². The summed E-state index contributed by atoms with van der Waals surface area (Å²) in [5.74, 6) is -1.71. The van der Waals surface area contributed by atoms with E-state index in [0.29, 0.717) is 12.8 Å². The van der Waals surface area contributed by atoms with Crippen LogP contribution in [-0.2, 0) is 0 Å². The number of hydrogen-bond acceptors (Lipinski definition) is 3. The minimum absolute atomic E-state index is 0.0000463. The first-order chi connectivity index (χ1) is 9.40. The fourth-order valence-corrected chi connectivity index (χ4v) is 1.99. The van der Waals surface area contributed by atoms with Crippen molar-refractivity contribution >= 4 is 11.9 Å².